The van der Waals surface area contributed by atoms with Crippen LogP contribution in [0.4, 0.5) is 0 Å². The fourth-order valence-electron chi connectivity index (χ4n) is 2.99. The molecule has 0 atom stereocenters. The number of carbonyl (C=O) groups is 1. The van der Waals surface area contributed by atoms with Crippen molar-refractivity contribution in [1.82, 2.24) is 9.47 Å². The second-order valence-electron chi connectivity index (χ2n) is 6.21. The Morgan fingerprint density at radius 1 is 1.33 bits per heavy atom. The lowest BCUT2D eigenvalue weighted by Crippen LogP contribution is -2.42. The summed E-state index contributed by atoms with van der Waals surface area (Å²) in [6.07, 6.45) is 1.83. The Morgan fingerprint density at radius 2 is 2.04 bits per heavy atom. The quantitative estimate of drug-likeness (QED) is 0.778. The Morgan fingerprint density at radius 3 is 2.67 bits per heavy atom. The van der Waals surface area contributed by atoms with Crippen LogP contribution in [0.5, 0.6) is 0 Å². The Bertz CT molecular complexity index is 1070. The zero-order chi connectivity index (χ0) is 19.4. The second-order valence-corrected chi connectivity index (χ2v) is 7.24. The Balaban J connectivity index is 2.19. The van der Waals surface area contributed by atoms with E-state index in [1.54, 1.807) is 4.90 Å². The fraction of sp³-hybridized carbons (Fsp3) is 0.350. The molecule has 1 aliphatic heterocycles. The Labute approximate surface area is 161 Å². The van der Waals surface area contributed by atoms with Crippen molar-refractivity contribution in [3.05, 3.63) is 54.9 Å². The monoisotopic (exact) mass is 383 g/mol. The van der Waals surface area contributed by atoms with Crippen LogP contribution in [-0.4, -0.2) is 41.7 Å². The standard InChI is InChI=1S/C20H21N3O3S/c1-3-23-19(25)17(12-15-7-5-4-6-14(15)2)27-20(23)16(13-21)18(24)22-8-10-26-11-9-22/h4-7,12H,3,8-11H2,1-2H3/b17-12+,20-16-. The van der Waals surface area contributed by atoms with E-state index in [-0.39, 0.29) is 17.0 Å². The molecule has 3 rings (SSSR count). The number of amides is 1. The highest BCUT2D eigenvalue weighted by Crippen LogP contribution is 2.08. The molecule has 1 fully saturated rings. The van der Waals surface area contributed by atoms with Crippen LogP contribution >= 0.6 is 11.3 Å². The summed E-state index contributed by atoms with van der Waals surface area (Å²) in [6, 6.07) is 9.81. The third-order valence-electron chi connectivity index (χ3n) is 4.54. The maximum Gasteiger partial charge on any atom is 0.269 e. The van der Waals surface area contributed by atoms with Crippen molar-refractivity contribution in [2.45, 2.75) is 20.4 Å². The van der Waals surface area contributed by atoms with Gasteiger partial charge in [-0.15, -0.1) is 11.3 Å². The molecular weight excluding hydrogens is 362 g/mol. The molecule has 0 spiro atoms. The van der Waals surface area contributed by atoms with E-state index in [1.165, 1.54) is 15.9 Å². The molecule has 27 heavy (non-hydrogen) atoms. The number of thiazole rings is 1. The third-order valence-corrected chi connectivity index (χ3v) is 5.67. The van der Waals surface area contributed by atoms with E-state index in [0.29, 0.717) is 42.0 Å². The van der Waals surface area contributed by atoms with Crippen molar-refractivity contribution in [1.29, 1.82) is 5.26 Å². The number of benzene rings is 1. The summed E-state index contributed by atoms with van der Waals surface area (Å²) < 4.78 is 7.71. The minimum absolute atomic E-state index is 0.0188. The highest BCUT2D eigenvalue weighted by atomic mass is 32.1. The first kappa shape index (κ1) is 19.1. The van der Waals surface area contributed by atoms with Crippen molar-refractivity contribution >= 4 is 28.9 Å². The highest BCUT2D eigenvalue weighted by molar-refractivity contribution is 7.07. The highest BCUT2D eigenvalue weighted by Gasteiger charge is 2.23. The average Bonchev–Trinajstić information content (AvgIpc) is 3.00. The molecule has 7 heteroatoms. The minimum Gasteiger partial charge on any atom is -0.378 e. The number of morpholine rings is 1. The molecule has 0 unspecified atom stereocenters. The third kappa shape index (κ3) is 3.87. The van der Waals surface area contributed by atoms with Crippen LogP contribution < -0.4 is 14.8 Å². The first-order valence-electron chi connectivity index (χ1n) is 8.85. The second kappa shape index (κ2) is 8.33. The van der Waals surface area contributed by atoms with Crippen molar-refractivity contribution in [2.24, 2.45) is 0 Å². The van der Waals surface area contributed by atoms with Gasteiger partial charge in [-0.1, -0.05) is 24.3 Å². The number of hydrogen-bond acceptors (Lipinski definition) is 5. The molecule has 0 N–H and O–H groups in total. The summed E-state index contributed by atoms with van der Waals surface area (Å²) in [6.45, 7) is 6.04. The van der Waals surface area contributed by atoms with E-state index < -0.39 is 0 Å². The maximum absolute atomic E-state index is 12.8. The number of hydrogen-bond donors (Lipinski definition) is 0. The molecule has 0 radical (unpaired) electrons. The van der Waals surface area contributed by atoms with Gasteiger partial charge in [0, 0.05) is 19.6 Å². The molecule has 2 aromatic rings. The molecule has 6 nitrogen and oxygen atoms in total. The fourth-order valence-corrected chi connectivity index (χ4v) is 4.14. The van der Waals surface area contributed by atoms with Crippen LogP contribution in [0, 0.1) is 18.3 Å². The zero-order valence-electron chi connectivity index (χ0n) is 15.4. The molecule has 2 heterocycles. The lowest BCUT2D eigenvalue weighted by Gasteiger charge is -2.26. The van der Waals surface area contributed by atoms with E-state index in [0.717, 1.165) is 11.1 Å². The van der Waals surface area contributed by atoms with E-state index in [1.807, 2.05) is 50.3 Å². The van der Waals surface area contributed by atoms with Crippen LogP contribution in [0.25, 0.3) is 11.6 Å². The van der Waals surface area contributed by atoms with Gasteiger partial charge in [-0.25, -0.2) is 0 Å². The van der Waals surface area contributed by atoms with Crippen molar-refractivity contribution in [2.75, 3.05) is 26.3 Å². The molecule has 1 aromatic carbocycles. The summed E-state index contributed by atoms with van der Waals surface area (Å²) in [7, 11) is 0. The Kier molecular flexibility index (Phi) is 5.89. The molecule has 0 saturated carbocycles. The van der Waals surface area contributed by atoms with Crippen LogP contribution in [-0.2, 0) is 16.1 Å². The number of aromatic nitrogens is 1. The average molecular weight is 383 g/mol. The molecule has 140 valence electrons. The SMILES string of the molecule is CCn1c(=O)/c(=C\c2ccccc2C)s/c1=C(/C#N)C(=O)N1CCOCC1. The zero-order valence-corrected chi connectivity index (χ0v) is 16.2. The molecule has 1 amide bonds. The molecule has 1 aliphatic rings. The van der Waals surface area contributed by atoms with Gasteiger partial charge in [0.2, 0.25) is 0 Å². The summed E-state index contributed by atoms with van der Waals surface area (Å²) in [5.41, 5.74) is 1.85. The number of nitrogens with zero attached hydrogens (tertiary/aromatic N) is 3. The first-order chi connectivity index (χ1) is 13.1. The summed E-state index contributed by atoms with van der Waals surface area (Å²) in [5, 5.41) is 9.65. The number of ether oxygens (including phenoxy) is 1. The van der Waals surface area contributed by atoms with Crippen LogP contribution in [0.2, 0.25) is 0 Å². The lowest BCUT2D eigenvalue weighted by atomic mass is 10.1. The summed E-state index contributed by atoms with van der Waals surface area (Å²) in [5.74, 6) is -0.341. The van der Waals surface area contributed by atoms with E-state index in [2.05, 4.69) is 0 Å². The first-order valence-corrected chi connectivity index (χ1v) is 9.67. The van der Waals surface area contributed by atoms with Gasteiger partial charge < -0.3 is 9.64 Å². The van der Waals surface area contributed by atoms with Crippen molar-refractivity contribution in [3.63, 3.8) is 0 Å². The van der Waals surface area contributed by atoms with E-state index in [9.17, 15) is 14.9 Å². The minimum atomic E-state index is -0.341. The van der Waals surface area contributed by atoms with Gasteiger partial charge in [0.1, 0.15) is 10.7 Å². The number of nitriles is 1. The largest absolute Gasteiger partial charge is 0.378 e. The predicted octanol–water partition coefficient (Wildman–Crippen LogP) is 0.600. The van der Waals surface area contributed by atoms with Crippen LogP contribution in [0.15, 0.2) is 29.1 Å². The number of aryl methyl sites for hydroxylation is 1. The van der Waals surface area contributed by atoms with Gasteiger partial charge in [-0.05, 0) is 31.1 Å². The van der Waals surface area contributed by atoms with Gasteiger partial charge in [0.25, 0.3) is 11.5 Å². The summed E-state index contributed by atoms with van der Waals surface area (Å²) >= 11 is 1.20. The van der Waals surface area contributed by atoms with Gasteiger partial charge in [0.15, 0.2) is 5.57 Å². The smallest absolute Gasteiger partial charge is 0.269 e. The topological polar surface area (TPSA) is 75.3 Å². The van der Waals surface area contributed by atoms with Crippen LogP contribution in [0.1, 0.15) is 18.1 Å². The van der Waals surface area contributed by atoms with E-state index in [4.69, 9.17) is 4.74 Å². The van der Waals surface area contributed by atoms with Gasteiger partial charge >= 0.3 is 0 Å². The normalized spacial score (nSPS) is 16.2. The number of rotatable bonds is 3. The molecule has 1 aromatic heterocycles. The van der Waals surface area contributed by atoms with Crippen molar-refractivity contribution in [3.8, 4) is 6.07 Å². The summed E-state index contributed by atoms with van der Waals surface area (Å²) in [4.78, 5) is 27.3. The van der Waals surface area contributed by atoms with Crippen molar-refractivity contribution < 1.29 is 9.53 Å². The van der Waals surface area contributed by atoms with E-state index >= 15 is 0 Å². The maximum atomic E-state index is 12.8. The molecule has 0 aliphatic carbocycles. The molecule has 0 bridgehead atoms. The van der Waals surface area contributed by atoms with Gasteiger partial charge in [0.05, 0.1) is 17.7 Å². The Hall–Kier alpha value is -2.69. The number of carbonyl (C=O) groups excluding carboxylic acids is 1. The van der Waals surface area contributed by atoms with Gasteiger partial charge in [-0.2, -0.15) is 5.26 Å². The molecular formula is C20H21N3O3S. The van der Waals surface area contributed by atoms with Gasteiger partial charge in [-0.3, -0.25) is 14.2 Å². The van der Waals surface area contributed by atoms with Crippen LogP contribution in [0.3, 0.4) is 0 Å². The molecule has 1 saturated heterocycles. The lowest BCUT2D eigenvalue weighted by molar-refractivity contribution is -0.128. The predicted molar refractivity (Wildman–Crippen MR) is 105 cm³/mol.